The molecule has 1 aliphatic carbocycles. The summed E-state index contributed by atoms with van der Waals surface area (Å²) in [6, 6.07) is 11.2. The van der Waals surface area contributed by atoms with Crippen LogP contribution >= 0.6 is 0 Å². The number of amides is 1. The Morgan fingerprint density at radius 2 is 2.00 bits per heavy atom. The molecule has 6 nitrogen and oxygen atoms in total. The van der Waals surface area contributed by atoms with Gasteiger partial charge in [0.05, 0.1) is 17.7 Å². The van der Waals surface area contributed by atoms with Gasteiger partial charge in [-0.2, -0.15) is 5.10 Å². The highest BCUT2D eigenvalue weighted by Gasteiger charge is 2.40. The van der Waals surface area contributed by atoms with Gasteiger partial charge in [0.2, 0.25) is 0 Å². The predicted molar refractivity (Wildman–Crippen MR) is 80.3 cm³/mol. The van der Waals surface area contributed by atoms with E-state index in [-0.39, 0.29) is 12.3 Å². The summed E-state index contributed by atoms with van der Waals surface area (Å²) in [6.07, 6.45) is 2.29. The van der Waals surface area contributed by atoms with Crippen molar-refractivity contribution in [2.75, 3.05) is 0 Å². The number of aromatic amines is 1. The van der Waals surface area contributed by atoms with E-state index < -0.39 is 11.5 Å². The molecule has 0 saturated heterocycles. The molecule has 1 saturated carbocycles. The average molecular weight is 299 g/mol. The van der Waals surface area contributed by atoms with Crippen molar-refractivity contribution in [3.8, 4) is 11.3 Å². The first-order valence-electron chi connectivity index (χ1n) is 7.23. The first-order chi connectivity index (χ1) is 10.6. The average Bonchev–Trinajstić information content (AvgIpc) is 2.95. The summed E-state index contributed by atoms with van der Waals surface area (Å²) in [4.78, 5) is 23.2. The minimum absolute atomic E-state index is 0.0432. The quantitative estimate of drug-likeness (QED) is 0.788. The normalized spacial score (nSPS) is 15.8. The third-order valence-corrected chi connectivity index (χ3v) is 4.07. The lowest BCUT2D eigenvalue weighted by atomic mass is 9.74. The highest BCUT2D eigenvalue weighted by atomic mass is 16.4. The third-order valence-electron chi connectivity index (χ3n) is 4.07. The van der Waals surface area contributed by atoms with E-state index in [1.165, 1.54) is 0 Å². The van der Waals surface area contributed by atoms with E-state index in [0.29, 0.717) is 24.2 Å². The molecule has 1 aromatic heterocycles. The Morgan fingerprint density at radius 3 is 2.59 bits per heavy atom. The fourth-order valence-electron chi connectivity index (χ4n) is 2.74. The largest absolute Gasteiger partial charge is 0.481 e. The lowest BCUT2D eigenvalue weighted by Crippen LogP contribution is -2.54. The molecule has 0 aliphatic heterocycles. The monoisotopic (exact) mass is 299 g/mol. The molecule has 1 aliphatic rings. The van der Waals surface area contributed by atoms with Crippen molar-refractivity contribution in [1.82, 2.24) is 15.5 Å². The molecule has 0 radical (unpaired) electrons. The Labute approximate surface area is 127 Å². The summed E-state index contributed by atoms with van der Waals surface area (Å²) in [5.74, 6) is -1.20. The molecule has 0 atom stereocenters. The van der Waals surface area contributed by atoms with Crippen molar-refractivity contribution < 1.29 is 14.7 Å². The second-order valence-electron chi connectivity index (χ2n) is 5.69. The first kappa shape index (κ1) is 14.3. The fourth-order valence-corrected chi connectivity index (χ4v) is 2.74. The molecule has 0 spiro atoms. The highest BCUT2D eigenvalue weighted by molar-refractivity contribution is 5.94. The van der Waals surface area contributed by atoms with E-state index in [1.54, 1.807) is 6.07 Å². The van der Waals surface area contributed by atoms with Gasteiger partial charge in [0.1, 0.15) is 5.69 Å². The zero-order chi connectivity index (χ0) is 15.6. The van der Waals surface area contributed by atoms with Crippen LogP contribution in [0.2, 0.25) is 0 Å². The van der Waals surface area contributed by atoms with E-state index >= 15 is 0 Å². The molecule has 1 amide bonds. The van der Waals surface area contributed by atoms with Gasteiger partial charge in [-0.1, -0.05) is 30.3 Å². The number of carbonyl (C=O) groups excluding carboxylic acids is 1. The van der Waals surface area contributed by atoms with Gasteiger partial charge in [0.25, 0.3) is 5.91 Å². The summed E-state index contributed by atoms with van der Waals surface area (Å²) in [6.45, 7) is 0. The van der Waals surface area contributed by atoms with Crippen LogP contribution in [0.1, 0.15) is 36.2 Å². The number of nitrogens with one attached hydrogen (secondary N) is 2. The molecule has 1 fully saturated rings. The van der Waals surface area contributed by atoms with Crippen LogP contribution < -0.4 is 5.32 Å². The van der Waals surface area contributed by atoms with Crippen LogP contribution in [0.25, 0.3) is 11.3 Å². The van der Waals surface area contributed by atoms with Gasteiger partial charge in [-0.25, -0.2) is 0 Å². The van der Waals surface area contributed by atoms with Crippen LogP contribution in [0, 0.1) is 0 Å². The van der Waals surface area contributed by atoms with Crippen LogP contribution in [0.15, 0.2) is 36.4 Å². The Bertz CT molecular complexity index is 690. The summed E-state index contributed by atoms with van der Waals surface area (Å²) < 4.78 is 0. The second kappa shape index (κ2) is 5.63. The van der Waals surface area contributed by atoms with E-state index in [1.807, 2.05) is 30.3 Å². The number of carboxylic acid groups (broad SMARTS) is 1. The van der Waals surface area contributed by atoms with E-state index in [2.05, 4.69) is 15.5 Å². The van der Waals surface area contributed by atoms with E-state index in [4.69, 9.17) is 5.11 Å². The van der Waals surface area contributed by atoms with Crippen LogP contribution in [-0.2, 0) is 4.79 Å². The summed E-state index contributed by atoms with van der Waals surface area (Å²) in [7, 11) is 0. The van der Waals surface area contributed by atoms with Gasteiger partial charge in [-0.05, 0) is 25.3 Å². The molecule has 0 unspecified atom stereocenters. The van der Waals surface area contributed by atoms with Crippen molar-refractivity contribution in [3.05, 3.63) is 42.1 Å². The molecule has 3 rings (SSSR count). The maximum atomic E-state index is 12.3. The molecule has 1 heterocycles. The van der Waals surface area contributed by atoms with Crippen molar-refractivity contribution >= 4 is 11.9 Å². The highest BCUT2D eigenvalue weighted by Crippen LogP contribution is 2.35. The SMILES string of the molecule is O=C(O)CC1(NC(=O)c2cc(-c3ccccc3)n[nH]2)CCC1. The number of carbonyl (C=O) groups is 2. The van der Waals surface area contributed by atoms with Crippen molar-refractivity contribution in [2.24, 2.45) is 0 Å². The molecule has 6 heteroatoms. The van der Waals surface area contributed by atoms with Crippen molar-refractivity contribution in [3.63, 3.8) is 0 Å². The number of hydrogen-bond donors (Lipinski definition) is 3. The lowest BCUT2D eigenvalue weighted by molar-refractivity contribution is -0.139. The van der Waals surface area contributed by atoms with Gasteiger partial charge >= 0.3 is 5.97 Å². The number of nitrogens with zero attached hydrogens (tertiary/aromatic N) is 1. The fraction of sp³-hybridized carbons (Fsp3) is 0.312. The Hall–Kier alpha value is -2.63. The summed E-state index contributed by atoms with van der Waals surface area (Å²) in [5, 5.41) is 18.7. The lowest BCUT2D eigenvalue weighted by Gasteiger charge is -2.41. The summed E-state index contributed by atoms with van der Waals surface area (Å²) >= 11 is 0. The molecule has 3 N–H and O–H groups in total. The maximum Gasteiger partial charge on any atom is 0.305 e. The van der Waals surface area contributed by atoms with E-state index in [0.717, 1.165) is 12.0 Å². The molecular formula is C16H17N3O3. The zero-order valence-corrected chi connectivity index (χ0v) is 12.0. The van der Waals surface area contributed by atoms with Crippen molar-refractivity contribution in [1.29, 1.82) is 0 Å². The van der Waals surface area contributed by atoms with Gasteiger partial charge < -0.3 is 10.4 Å². The van der Waals surface area contributed by atoms with Crippen LogP contribution in [0.3, 0.4) is 0 Å². The maximum absolute atomic E-state index is 12.3. The summed E-state index contributed by atoms with van der Waals surface area (Å²) in [5.41, 5.74) is 1.34. The van der Waals surface area contributed by atoms with Gasteiger partial charge in [-0.15, -0.1) is 0 Å². The Kier molecular flexibility index (Phi) is 3.66. The number of aliphatic carboxylic acids is 1. The molecule has 0 bridgehead atoms. The number of H-pyrrole nitrogens is 1. The molecular weight excluding hydrogens is 282 g/mol. The molecule has 2 aromatic rings. The number of carboxylic acids is 1. The molecule has 22 heavy (non-hydrogen) atoms. The number of rotatable bonds is 5. The third kappa shape index (κ3) is 2.86. The zero-order valence-electron chi connectivity index (χ0n) is 12.0. The van der Waals surface area contributed by atoms with Gasteiger partial charge in [0.15, 0.2) is 0 Å². The van der Waals surface area contributed by atoms with E-state index in [9.17, 15) is 9.59 Å². The standard InChI is InChI=1S/C16H17N3O3/c20-14(21)10-16(7-4-8-16)17-15(22)13-9-12(18-19-13)11-5-2-1-3-6-11/h1-3,5-6,9H,4,7-8,10H2,(H,17,22)(H,18,19)(H,20,21). The molecule has 114 valence electrons. The topological polar surface area (TPSA) is 95.1 Å². The number of hydrogen-bond acceptors (Lipinski definition) is 3. The number of benzene rings is 1. The minimum atomic E-state index is -0.894. The predicted octanol–water partition coefficient (Wildman–Crippen LogP) is 2.20. The van der Waals surface area contributed by atoms with Gasteiger partial charge in [0, 0.05) is 5.56 Å². The minimum Gasteiger partial charge on any atom is -0.481 e. The van der Waals surface area contributed by atoms with Crippen molar-refractivity contribution in [2.45, 2.75) is 31.2 Å². The van der Waals surface area contributed by atoms with Crippen LogP contribution in [0.4, 0.5) is 0 Å². The smallest absolute Gasteiger partial charge is 0.305 e. The Balaban J connectivity index is 1.73. The second-order valence-corrected chi connectivity index (χ2v) is 5.69. The first-order valence-corrected chi connectivity index (χ1v) is 7.23. The number of aromatic nitrogens is 2. The van der Waals surface area contributed by atoms with Crippen LogP contribution in [0.5, 0.6) is 0 Å². The molecule has 1 aromatic carbocycles. The van der Waals surface area contributed by atoms with Crippen LogP contribution in [-0.4, -0.2) is 32.7 Å². The Morgan fingerprint density at radius 1 is 1.27 bits per heavy atom. The van der Waals surface area contributed by atoms with Gasteiger partial charge in [-0.3, -0.25) is 14.7 Å².